The van der Waals surface area contributed by atoms with Crippen molar-refractivity contribution in [3.8, 4) is 0 Å². The van der Waals surface area contributed by atoms with Crippen LogP contribution >= 0.6 is 12.6 Å². The lowest BCUT2D eigenvalue weighted by Gasteiger charge is -2.11. The van der Waals surface area contributed by atoms with Crippen LogP contribution in [0.25, 0.3) is 5.43 Å². The van der Waals surface area contributed by atoms with Gasteiger partial charge in [-0.15, -0.1) is 19.2 Å². The minimum absolute atomic E-state index is 0.229. The van der Waals surface area contributed by atoms with E-state index in [-0.39, 0.29) is 6.67 Å². The summed E-state index contributed by atoms with van der Waals surface area (Å²) in [6, 6.07) is 0. The van der Waals surface area contributed by atoms with Gasteiger partial charge in [0.25, 0.3) is 0 Å². The average molecular weight is 186 g/mol. The Bertz CT molecular complexity index is 188. The Balaban J connectivity index is 4.03. The van der Waals surface area contributed by atoms with E-state index in [1.165, 1.54) is 4.68 Å². The van der Waals surface area contributed by atoms with Gasteiger partial charge in [0.1, 0.15) is 6.72 Å². The molecule has 0 bridgehead atoms. The molecule has 12 heavy (non-hydrogen) atoms. The summed E-state index contributed by atoms with van der Waals surface area (Å²) < 4.78 is 1.43. The zero-order chi connectivity index (χ0) is 9.40. The molecule has 0 aliphatic rings. The predicted molar refractivity (Wildman–Crippen MR) is 55.9 cm³/mol. The Morgan fingerprint density at radius 2 is 2.42 bits per heavy atom. The number of amidine groups is 1. The minimum atomic E-state index is 0.229. The zero-order valence-corrected chi connectivity index (χ0v) is 7.87. The normalized spacial score (nSPS) is 11.0. The van der Waals surface area contributed by atoms with Crippen LogP contribution in [0.2, 0.25) is 0 Å². The Kier molecular flexibility index (Phi) is 6.41. The van der Waals surface area contributed by atoms with Crippen molar-refractivity contribution in [1.29, 1.82) is 0 Å². The Morgan fingerprint density at radius 1 is 1.75 bits per heavy atom. The summed E-state index contributed by atoms with van der Waals surface area (Å²) in [4.78, 5) is 3.94. The molecule has 0 aliphatic carbocycles. The van der Waals surface area contributed by atoms with Gasteiger partial charge in [-0.05, 0) is 18.9 Å². The first-order valence-corrected chi connectivity index (χ1v) is 4.12. The topological polar surface area (TPSA) is 55.5 Å². The van der Waals surface area contributed by atoms with E-state index >= 15 is 0 Å². The van der Waals surface area contributed by atoms with E-state index in [0.717, 1.165) is 0 Å². The summed E-state index contributed by atoms with van der Waals surface area (Å²) in [6.07, 6.45) is 2.31. The molecule has 0 spiro atoms. The molecule has 0 amide bonds. The molecule has 0 heterocycles. The second-order valence-electron chi connectivity index (χ2n) is 2.00. The van der Waals surface area contributed by atoms with Crippen molar-refractivity contribution in [2.24, 2.45) is 10.7 Å². The molecule has 0 aromatic heterocycles. The molecule has 2 N–H and O–H groups in total. The van der Waals surface area contributed by atoms with E-state index in [1.807, 2.05) is 0 Å². The molecule has 0 aromatic carbocycles. The van der Waals surface area contributed by atoms with E-state index in [2.05, 4.69) is 36.3 Å². The number of thiol groups is 1. The average Bonchev–Trinajstić information content (AvgIpc) is 2.05. The summed E-state index contributed by atoms with van der Waals surface area (Å²) in [5, 5.41) is 0. The second kappa shape index (κ2) is 6.87. The maximum absolute atomic E-state index is 5.24. The van der Waals surface area contributed by atoms with Crippen LogP contribution in [0.1, 0.15) is 6.42 Å². The van der Waals surface area contributed by atoms with Crippen LogP contribution in [0, 0.1) is 0 Å². The van der Waals surface area contributed by atoms with Crippen LogP contribution in [0.4, 0.5) is 0 Å². The van der Waals surface area contributed by atoms with E-state index in [0.29, 0.717) is 18.1 Å². The van der Waals surface area contributed by atoms with Crippen LogP contribution in [-0.4, -0.2) is 29.8 Å². The van der Waals surface area contributed by atoms with Gasteiger partial charge in [0.2, 0.25) is 0 Å². The summed E-state index contributed by atoms with van der Waals surface area (Å²) >= 11 is 3.98. The third kappa shape index (κ3) is 4.92. The third-order valence-electron chi connectivity index (χ3n) is 1.02. The predicted octanol–water partition coefficient (Wildman–Crippen LogP) is 0.766. The lowest BCUT2D eigenvalue weighted by Crippen LogP contribution is -2.10. The van der Waals surface area contributed by atoms with Crippen LogP contribution in [0.15, 0.2) is 17.6 Å². The quantitative estimate of drug-likeness (QED) is 0.124. The molecule has 0 aromatic rings. The smallest absolute Gasteiger partial charge is 0.198 e. The van der Waals surface area contributed by atoms with E-state index in [1.54, 1.807) is 6.08 Å². The Morgan fingerprint density at radius 3 is 2.83 bits per heavy atom. The van der Waals surface area contributed by atoms with Gasteiger partial charge >= 0.3 is 0 Å². The first kappa shape index (κ1) is 11.2. The number of rotatable bonds is 5. The second-order valence-corrected chi connectivity index (χ2v) is 2.28. The number of hydrogen-bond donors (Lipinski definition) is 2. The molecule has 4 nitrogen and oxygen atoms in total. The monoisotopic (exact) mass is 186 g/mol. The molecular formula is C7H14N4S. The van der Waals surface area contributed by atoms with Gasteiger partial charge in [0, 0.05) is 0 Å². The number of nitrogens with two attached hydrogens (primary N) is 1. The highest BCUT2D eigenvalue weighted by molar-refractivity contribution is 7.80. The number of hydrogen-bond acceptors (Lipinski definition) is 3. The largest absolute Gasteiger partial charge is 0.451 e. The molecule has 0 fully saturated rings. The molecule has 0 atom stereocenters. The maximum Gasteiger partial charge on any atom is 0.198 e. The van der Waals surface area contributed by atoms with Gasteiger partial charge < -0.3 is 10.7 Å². The van der Waals surface area contributed by atoms with Gasteiger partial charge in [-0.2, -0.15) is 4.68 Å². The molecule has 5 heteroatoms. The van der Waals surface area contributed by atoms with Crippen molar-refractivity contribution < 1.29 is 4.68 Å². The van der Waals surface area contributed by atoms with Gasteiger partial charge in [0.05, 0.1) is 0 Å². The van der Waals surface area contributed by atoms with Gasteiger partial charge in [0.15, 0.2) is 5.88 Å². The Hall–Kier alpha value is -0.810. The van der Waals surface area contributed by atoms with Crippen LogP contribution in [0.3, 0.4) is 0 Å². The minimum Gasteiger partial charge on any atom is -0.451 e. The van der Waals surface area contributed by atoms with Crippen molar-refractivity contribution >= 4 is 25.2 Å². The fraction of sp³-hybridized carbons (Fsp3) is 0.429. The summed E-state index contributed by atoms with van der Waals surface area (Å²) in [5.41, 5.74) is 9.26. The SMILES string of the molecule is C=CCC(=NCN)[N-][N+](=C)CS. The van der Waals surface area contributed by atoms with Gasteiger partial charge in [-0.1, -0.05) is 6.08 Å². The number of nitrogens with zero attached hydrogens (tertiary/aromatic N) is 3. The molecule has 0 unspecified atom stereocenters. The number of aliphatic imine (C=N–C) groups is 1. The molecule has 0 saturated heterocycles. The van der Waals surface area contributed by atoms with Crippen LogP contribution in [0.5, 0.6) is 0 Å². The molecule has 0 rings (SSSR count). The van der Waals surface area contributed by atoms with E-state index < -0.39 is 0 Å². The molecule has 68 valence electrons. The van der Waals surface area contributed by atoms with E-state index in [4.69, 9.17) is 5.73 Å². The maximum atomic E-state index is 5.24. The lowest BCUT2D eigenvalue weighted by molar-refractivity contribution is -0.436. The summed E-state index contributed by atoms with van der Waals surface area (Å²) in [5.74, 6) is 1.07. The fourth-order valence-electron chi connectivity index (χ4n) is 0.566. The Labute approximate surface area is 78.3 Å². The molecule has 0 saturated carbocycles. The molecule has 0 aliphatic heterocycles. The first-order valence-electron chi connectivity index (χ1n) is 3.49. The standard InChI is InChI=1S/C7H14N4S/c1-3-4-7(9-5-8)10-11(2)6-12/h3,12H,1-2,4-6,8H2. The van der Waals surface area contributed by atoms with E-state index in [9.17, 15) is 0 Å². The first-order chi connectivity index (χ1) is 5.74. The summed E-state index contributed by atoms with van der Waals surface area (Å²) in [6.45, 7) is 7.40. The van der Waals surface area contributed by atoms with Crippen molar-refractivity contribution in [2.45, 2.75) is 6.42 Å². The third-order valence-corrected chi connectivity index (χ3v) is 1.35. The van der Waals surface area contributed by atoms with Crippen molar-refractivity contribution in [3.63, 3.8) is 0 Å². The van der Waals surface area contributed by atoms with Gasteiger partial charge in [-0.25, -0.2) is 5.43 Å². The highest BCUT2D eigenvalue weighted by atomic mass is 32.1. The van der Waals surface area contributed by atoms with Crippen molar-refractivity contribution in [1.82, 2.24) is 0 Å². The molecule has 0 radical (unpaired) electrons. The van der Waals surface area contributed by atoms with Gasteiger partial charge in [-0.3, -0.25) is 0 Å². The highest BCUT2D eigenvalue weighted by Crippen LogP contribution is 1.99. The molecular weight excluding hydrogens is 172 g/mol. The lowest BCUT2D eigenvalue weighted by atomic mass is 10.4. The van der Waals surface area contributed by atoms with Crippen LogP contribution < -0.4 is 5.73 Å². The van der Waals surface area contributed by atoms with Crippen molar-refractivity contribution in [2.75, 3.05) is 12.5 Å². The van der Waals surface area contributed by atoms with Crippen LogP contribution in [-0.2, 0) is 0 Å². The highest BCUT2D eigenvalue weighted by Gasteiger charge is 1.92. The van der Waals surface area contributed by atoms with Crippen molar-refractivity contribution in [3.05, 3.63) is 18.1 Å². The zero-order valence-electron chi connectivity index (χ0n) is 6.98. The summed E-state index contributed by atoms with van der Waals surface area (Å²) in [7, 11) is 0. The fourth-order valence-corrected chi connectivity index (χ4v) is 0.630.